The van der Waals surface area contributed by atoms with Gasteiger partial charge in [-0.25, -0.2) is 5.43 Å². The minimum absolute atomic E-state index is 0.355. The van der Waals surface area contributed by atoms with Crippen LogP contribution in [0.2, 0.25) is 0 Å². The summed E-state index contributed by atoms with van der Waals surface area (Å²) in [5.41, 5.74) is 3.61. The van der Waals surface area contributed by atoms with Gasteiger partial charge in [-0.3, -0.25) is 4.79 Å². The molecule has 120 valence electrons. The topological polar surface area (TPSA) is 59.9 Å². The van der Waals surface area contributed by atoms with E-state index < -0.39 is 0 Å². The molecule has 0 spiro atoms. The summed E-state index contributed by atoms with van der Waals surface area (Å²) in [6.45, 7) is 0. The fourth-order valence-electron chi connectivity index (χ4n) is 1.94. The highest BCUT2D eigenvalue weighted by Gasteiger charge is 2.11. The first kappa shape index (κ1) is 17.5. The van der Waals surface area contributed by atoms with E-state index in [2.05, 4.69) is 42.4 Å². The molecule has 1 amide bonds. The molecule has 0 saturated heterocycles. The Kier molecular flexibility index (Phi) is 6.18. The highest BCUT2D eigenvalue weighted by atomic mass is 79.9. The average Bonchev–Trinajstić information content (AvgIpc) is 2.54. The fraction of sp³-hybridized carbons (Fsp3) is 0.125. The highest BCUT2D eigenvalue weighted by molar-refractivity contribution is 9.11. The molecule has 0 fully saturated rings. The first-order chi connectivity index (χ1) is 11.1. The van der Waals surface area contributed by atoms with E-state index in [1.54, 1.807) is 31.4 Å². The van der Waals surface area contributed by atoms with Gasteiger partial charge < -0.3 is 9.47 Å². The number of para-hydroxylation sites is 1. The van der Waals surface area contributed by atoms with E-state index in [-0.39, 0.29) is 5.91 Å². The van der Waals surface area contributed by atoms with Gasteiger partial charge in [-0.05, 0) is 40.2 Å². The van der Waals surface area contributed by atoms with Gasteiger partial charge in [0.05, 0.1) is 30.5 Å². The van der Waals surface area contributed by atoms with E-state index in [0.717, 1.165) is 8.95 Å². The number of benzene rings is 2. The van der Waals surface area contributed by atoms with Crippen molar-refractivity contribution in [2.24, 2.45) is 5.10 Å². The van der Waals surface area contributed by atoms with Gasteiger partial charge in [0.25, 0.3) is 5.91 Å². The summed E-state index contributed by atoms with van der Waals surface area (Å²) in [6, 6.07) is 10.6. The molecule has 0 aliphatic carbocycles. The van der Waals surface area contributed by atoms with Gasteiger partial charge in [0, 0.05) is 10.0 Å². The van der Waals surface area contributed by atoms with Crippen LogP contribution in [0.15, 0.2) is 50.4 Å². The third kappa shape index (κ3) is 4.33. The second-order valence-electron chi connectivity index (χ2n) is 4.41. The Morgan fingerprint density at radius 3 is 2.61 bits per heavy atom. The molecule has 23 heavy (non-hydrogen) atoms. The quantitative estimate of drug-likeness (QED) is 0.563. The lowest BCUT2D eigenvalue weighted by Crippen LogP contribution is -2.18. The average molecular weight is 442 g/mol. The molecule has 0 aromatic heterocycles. The molecule has 0 saturated carbocycles. The van der Waals surface area contributed by atoms with Gasteiger partial charge in [-0.1, -0.05) is 28.1 Å². The zero-order chi connectivity index (χ0) is 16.8. The number of nitrogens with one attached hydrogen (secondary N) is 1. The van der Waals surface area contributed by atoms with Crippen LogP contribution in [0.5, 0.6) is 11.5 Å². The summed E-state index contributed by atoms with van der Waals surface area (Å²) in [5.74, 6) is 0.762. The smallest absolute Gasteiger partial charge is 0.275 e. The number of hydrogen-bond donors (Lipinski definition) is 1. The molecule has 7 heteroatoms. The SMILES string of the molecule is COc1ccccc1C(=O)N/N=C/c1cc(Br)cc(Br)c1OC. The van der Waals surface area contributed by atoms with Crippen molar-refractivity contribution in [1.82, 2.24) is 5.43 Å². The lowest BCUT2D eigenvalue weighted by atomic mass is 10.2. The first-order valence-electron chi connectivity index (χ1n) is 6.56. The standard InChI is InChI=1S/C16H14Br2N2O3/c1-22-14-6-4-3-5-12(14)16(21)20-19-9-10-7-11(17)8-13(18)15(10)23-2/h3-9H,1-2H3,(H,20,21)/b19-9+. The van der Waals surface area contributed by atoms with Crippen LogP contribution in [0.4, 0.5) is 0 Å². The predicted molar refractivity (Wildman–Crippen MR) is 96.4 cm³/mol. The molecular weight excluding hydrogens is 428 g/mol. The summed E-state index contributed by atoms with van der Waals surface area (Å²) >= 11 is 6.82. The number of hydrogen-bond acceptors (Lipinski definition) is 4. The van der Waals surface area contributed by atoms with E-state index >= 15 is 0 Å². The predicted octanol–water partition coefficient (Wildman–Crippen LogP) is 3.99. The number of rotatable bonds is 5. The maximum Gasteiger partial charge on any atom is 0.275 e. The summed E-state index contributed by atoms with van der Waals surface area (Å²) in [5, 5.41) is 3.98. The van der Waals surface area contributed by atoms with Crippen molar-refractivity contribution in [3.05, 3.63) is 56.5 Å². The van der Waals surface area contributed by atoms with Crippen LogP contribution in [0.1, 0.15) is 15.9 Å². The molecule has 0 atom stereocenters. The van der Waals surface area contributed by atoms with E-state index in [1.807, 2.05) is 12.1 Å². The Morgan fingerprint density at radius 1 is 1.17 bits per heavy atom. The second kappa shape index (κ2) is 8.12. The van der Waals surface area contributed by atoms with Crippen molar-refractivity contribution in [3.63, 3.8) is 0 Å². The molecule has 2 aromatic rings. The van der Waals surface area contributed by atoms with Crippen LogP contribution in [0.25, 0.3) is 0 Å². The van der Waals surface area contributed by atoms with Crippen molar-refractivity contribution < 1.29 is 14.3 Å². The van der Waals surface area contributed by atoms with Crippen LogP contribution < -0.4 is 14.9 Å². The molecule has 0 aliphatic heterocycles. The Bertz CT molecular complexity index is 748. The fourth-order valence-corrected chi connectivity index (χ4v) is 3.36. The highest BCUT2D eigenvalue weighted by Crippen LogP contribution is 2.31. The Labute approximate surface area is 150 Å². The van der Waals surface area contributed by atoms with Crippen molar-refractivity contribution in [2.45, 2.75) is 0 Å². The second-order valence-corrected chi connectivity index (χ2v) is 6.18. The first-order valence-corrected chi connectivity index (χ1v) is 8.15. The van der Waals surface area contributed by atoms with Gasteiger partial charge in [-0.2, -0.15) is 5.10 Å². The lowest BCUT2D eigenvalue weighted by Gasteiger charge is -2.08. The number of hydrazone groups is 1. The maximum absolute atomic E-state index is 12.1. The number of halogens is 2. The number of ether oxygens (including phenoxy) is 2. The Morgan fingerprint density at radius 2 is 1.91 bits per heavy atom. The summed E-state index contributed by atoms with van der Waals surface area (Å²) in [4.78, 5) is 12.1. The minimum Gasteiger partial charge on any atom is -0.496 e. The van der Waals surface area contributed by atoms with Crippen molar-refractivity contribution in [3.8, 4) is 11.5 Å². The van der Waals surface area contributed by atoms with Gasteiger partial charge in [0.1, 0.15) is 11.5 Å². The third-order valence-corrected chi connectivity index (χ3v) is 4.01. The van der Waals surface area contributed by atoms with Gasteiger partial charge in [0.2, 0.25) is 0 Å². The van der Waals surface area contributed by atoms with Crippen LogP contribution in [0, 0.1) is 0 Å². The van der Waals surface area contributed by atoms with Gasteiger partial charge >= 0.3 is 0 Å². The van der Waals surface area contributed by atoms with E-state index in [9.17, 15) is 4.79 Å². The third-order valence-electron chi connectivity index (χ3n) is 2.96. The molecule has 0 heterocycles. The van der Waals surface area contributed by atoms with Gasteiger partial charge in [-0.15, -0.1) is 0 Å². The summed E-state index contributed by atoms with van der Waals surface area (Å²) in [6.07, 6.45) is 1.52. The Hall–Kier alpha value is -1.86. The summed E-state index contributed by atoms with van der Waals surface area (Å²) < 4.78 is 12.1. The van der Waals surface area contributed by atoms with E-state index in [4.69, 9.17) is 9.47 Å². The molecule has 2 aromatic carbocycles. The zero-order valence-corrected chi connectivity index (χ0v) is 15.6. The van der Waals surface area contributed by atoms with Crippen LogP contribution >= 0.6 is 31.9 Å². The molecular formula is C16H14Br2N2O3. The molecule has 0 aliphatic rings. The minimum atomic E-state index is -0.355. The number of nitrogens with zero attached hydrogens (tertiary/aromatic N) is 1. The van der Waals surface area contributed by atoms with Crippen molar-refractivity contribution in [2.75, 3.05) is 14.2 Å². The van der Waals surface area contributed by atoms with Crippen LogP contribution in [-0.2, 0) is 0 Å². The van der Waals surface area contributed by atoms with Gasteiger partial charge in [0.15, 0.2) is 0 Å². The lowest BCUT2D eigenvalue weighted by molar-refractivity contribution is 0.0952. The summed E-state index contributed by atoms with van der Waals surface area (Å²) in [7, 11) is 3.08. The molecule has 0 bridgehead atoms. The number of amides is 1. The normalized spacial score (nSPS) is 10.6. The molecule has 1 N–H and O–H groups in total. The van der Waals surface area contributed by atoms with Crippen LogP contribution in [-0.4, -0.2) is 26.3 Å². The van der Waals surface area contributed by atoms with Crippen molar-refractivity contribution >= 4 is 44.0 Å². The molecule has 2 rings (SSSR count). The van der Waals surface area contributed by atoms with E-state index in [0.29, 0.717) is 22.6 Å². The van der Waals surface area contributed by atoms with Crippen molar-refractivity contribution in [1.29, 1.82) is 0 Å². The largest absolute Gasteiger partial charge is 0.496 e. The number of carbonyl (C=O) groups excluding carboxylic acids is 1. The van der Waals surface area contributed by atoms with E-state index in [1.165, 1.54) is 13.3 Å². The van der Waals surface area contributed by atoms with Crippen LogP contribution in [0.3, 0.4) is 0 Å². The monoisotopic (exact) mass is 440 g/mol. The zero-order valence-electron chi connectivity index (χ0n) is 12.5. The Balaban J connectivity index is 2.17. The number of carbonyl (C=O) groups is 1. The molecule has 5 nitrogen and oxygen atoms in total. The molecule has 0 unspecified atom stereocenters. The maximum atomic E-state index is 12.1. The number of methoxy groups -OCH3 is 2. The molecule has 0 radical (unpaired) electrons.